The molecule has 28 heavy (non-hydrogen) atoms. The molecule has 0 unspecified atom stereocenters. The third-order valence-electron chi connectivity index (χ3n) is 3.68. The first-order valence-corrected chi connectivity index (χ1v) is 8.49. The number of esters is 1. The number of carbonyl (C=O) groups is 2. The fraction of sp³-hybridized carbons (Fsp3) is 0.263. The van der Waals surface area contributed by atoms with E-state index >= 15 is 0 Å². The van der Waals surface area contributed by atoms with Crippen LogP contribution < -0.4 is 14.8 Å². The molecular weight excluding hydrogens is 368 g/mol. The number of nitrogens with zero attached hydrogens (tertiary/aromatic N) is 1. The Morgan fingerprint density at radius 2 is 1.75 bits per heavy atom. The number of nitro benzene ring substituents is 1. The van der Waals surface area contributed by atoms with Gasteiger partial charge in [-0.25, -0.2) is 4.79 Å². The highest BCUT2D eigenvalue weighted by molar-refractivity contribution is 6.07. The van der Waals surface area contributed by atoms with Gasteiger partial charge in [-0.05, 0) is 38.1 Å². The minimum absolute atomic E-state index is 0.173. The van der Waals surface area contributed by atoms with E-state index in [1.165, 1.54) is 37.4 Å². The molecule has 1 N–H and O–H groups in total. The van der Waals surface area contributed by atoms with Crippen LogP contribution in [0.25, 0.3) is 0 Å². The van der Waals surface area contributed by atoms with Crippen LogP contribution in [0.4, 0.5) is 11.4 Å². The van der Waals surface area contributed by atoms with Crippen molar-refractivity contribution in [2.24, 2.45) is 0 Å². The Balaban J connectivity index is 2.30. The number of methoxy groups -OCH3 is 1. The van der Waals surface area contributed by atoms with Crippen LogP contribution in [0.2, 0.25) is 0 Å². The molecule has 9 heteroatoms. The number of ether oxygens (including phenoxy) is 3. The quantitative estimate of drug-likeness (QED) is 0.418. The molecule has 0 aliphatic carbocycles. The van der Waals surface area contributed by atoms with E-state index in [9.17, 15) is 19.7 Å². The maximum absolute atomic E-state index is 12.6. The Labute approximate surface area is 161 Å². The van der Waals surface area contributed by atoms with E-state index in [4.69, 9.17) is 14.2 Å². The molecule has 2 aromatic carbocycles. The summed E-state index contributed by atoms with van der Waals surface area (Å²) in [5.41, 5.74) is 0.0958. The largest absolute Gasteiger partial charge is 0.493 e. The third-order valence-corrected chi connectivity index (χ3v) is 3.68. The van der Waals surface area contributed by atoms with E-state index in [1.54, 1.807) is 13.8 Å². The van der Waals surface area contributed by atoms with Gasteiger partial charge in [0.15, 0.2) is 11.5 Å². The lowest BCUT2D eigenvalue weighted by atomic mass is 10.1. The van der Waals surface area contributed by atoms with Crippen molar-refractivity contribution in [3.05, 3.63) is 57.6 Å². The van der Waals surface area contributed by atoms with E-state index in [2.05, 4.69) is 5.32 Å². The normalized spacial score (nSPS) is 10.1. The molecule has 2 aromatic rings. The highest BCUT2D eigenvalue weighted by Crippen LogP contribution is 2.35. The Hall–Kier alpha value is -3.62. The molecule has 0 saturated heterocycles. The Morgan fingerprint density at radius 3 is 2.29 bits per heavy atom. The second-order valence-corrected chi connectivity index (χ2v) is 5.46. The summed E-state index contributed by atoms with van der Waals surface area (Å²) in [4.78, 5) is 35.0. The zero-order chi connectivity index (χ0) is 20.7. The molecular formula is C19H20N2O7. The standard InChI is InChI=1S/C19H20N2O7/c1-4-27-17-11-15(21(24)25)14(10-16(17)26-3)18(22)20-13-8-6-12(7-9-13)19(23)28-5-2/h6-11H,4-5H2,1-3H3,(H,20,22). The van der Waals surface area contributed by atoms with Crippen molar-refractivity contribution in [1.82, 2.24) is 0 Å². The lowest BCUT2D eigenvalue weighted by molar-refractivity contribution is -0.385. The van der Waals surface area contributed by atoms with Gasteiger partial charge in [-0.1, -0.05) is 0 Å². The van der Waals surface area contributed by atoms with E-state index in [0.717, 1.165) is 6.07 Å². The molecule has 0 bridgehead atoms. The summed E-state index contributed by atoms with van der Waals surface area (Å²) in [6, 6.07) is 8.39. The fourth-order valence-corrected chi connectivity index (χ4v) is 2.41. The van der Waals surface area contributed by atoms with Gasteiger partial charge in [0.2, 0.25) is 0 Å². The van der Waals surface area contributed by atoms with Gasteiger partial charge >= 0.3 is 5.97 Å². The van der Waals surface area contributed by atoms with E-state index in [0.29, 0.717) is 11.3 Å². The molecule has 0 radical (unpaired) electrons. The van der Waals surface area contributed by atoms with Crippen LogP contribution in [0.5, 0.6) is 11.5 Å². The first-order valence-electron chi connectivity index (χ1n) is 8.49. The summed E-state index contributed by atoms with van der Waals surface area (Å²) in [6.07, 6.45) is 0. The maximum Gasteiger partial charge on any atom is 0.338 e. The predicted molar refractivity (Wildman–Crippen MR) is 101 cm³/mol. The highest BCUT2D eigenvalue weighted by atomic mass is 16.6. The van der Waals surface area contributed by atoms with Crippen molar-refractivity contribution in [2.75, 3.05) is 25.6 Å². The monoisotopic (exact) mass is 388 g/mol. The highest BCUT2D eigenvalue weighted by Gasteiger charge is 2.25. The van der Waals surface area contributed by atoms with E-state index in [-0.39, 0.29) is 30.3 Å². The molecule has 0 saturated carbocycles. The van der Waals surface area contributed by atoms with Gasteiger partial charge < -0.3 is 19.5 Å². The van der Waals surface area contributed by atoms with Crippen LogP contribution in [0.15, 0.2) is 36.4 Å². The third kappa shape index (κ3) is 4.76. The molecule has 148 valence electrons. The summed E-state index contributed by atoms with van der Waals surface area (Å²) >= 11 is 0. The molecule has 0 aliphatic heterocycles. The van der Waals surface area contributed by atoms with Crippen molar-refractivity contribution in [3.8, 4) is 11.5 Å². The zero-order valence-corrected chi connectivity index (χ0v) is 15.7. The Morgan fingerprint density at radius 1 is 1.07 bits per heavy atom. The van der Waals surface area contributed by atoms with Gasteiger partial charge in [0.25, 0.3) is 11.6 Å². The second-order valence-electron chi connectivity index (χ2n) is 5.46. The molecule has 2 rings (SSSR count). The fourth-order valence-electron chi connectivity index (χ4n) is 2.41. The first-order chi connectivity index (χ1) is 13.4. The predicted octanol–water partition coefficient (Wildman–Crippen LogP) is 3.43. The molecule has 9 nitrogen and oxygen atoms in total. The van der Waals surface area contributed by atoms with Gasteiger partial charge in [0, 0.05) is 11.8 Å². The summed E-state index contributed by atoms with van der Waals surface area (Å²) < 4.78 is 15.4. The van der Waals surface area contributed by atoms with Crippen molar-refractivity contribution >= 4 is 23.3 Å². The van der Waals surface area contributed by atoms with Gasteiger partial charge in [-0.3, -0.25) is 14.9 Å². The molecule has 0 fully saturated rings. The van der Waals surface area contributed by atoms with Crippen LogP contribution in [-0.2, 0) is 4.74 Å². The minimum Gasteiger partial charge on any atom is -0.493 e. The molecule has 0 aromatic heterocycles. The molecule has 0 heterocycles. The SMILES string of the molecule is CCOC(=O)c1ccc(NC(=O)c2cc(OC)c(OCC)cc2[N+](=O)[O-])cc1. The number of benzene rings is 2. The minimum atomic E-state index is -0.697. The van der Waals surface area contributed by atoms with Gasteiger partial charge in [-0.15, -0.1) is 0 Å². The second kappa shape index (κ2) is 9.36. The number of rotatable bonds is 8. The molecule has 0 atom stereocenters. The Kier molecular flexibility index (Phi) is 6.91. The number of hydrogen-bond acceptors (Lipinski definition) is 7. The number of carbonyl (C=O) groups excluding carboxylic acids is 2. The summed E-state index contributed by atoms with van der Waals surface area (Å²) in [5.74, 6) is -0.800. The van der Waals surface area contributed by atoms with Gasteiger partial charge in [-0.2, -0.15) is 0 Å². The topological polar surface area (TPSA) is 117 Å². The summed E-state index contributed by atoms with van der Waals surface area (Å²) in [6.45, 7) is 3.96. The van der Waals surface area contributed by atoms with Crippen molar-refractivity contribution in [2.45, 2.75) is 13.8 Å². The maximum atomic E-state index is 12.6. The lowest BCUT2D eigenvalue weighted by Crippen LogP contribution is -2.15. The smallest absolute Gasteiger partial charge is 0.338 e. The van der Waals surface area contributed by atoms with Crippen LogP contribution in [0.1, 0.15) is 34.6 Å². The van der Waals surface area contributed by atoms with Crippen molar-refractivity contribution < 1.29 is 28.7 Å². The zero-order valence-electron chi connectivity index (χ0n) is 15.7. The van der Waals surface area contributed by atoms with Crippen LogP contribution in [0, 0.1) is 10.1 Å². The average Bonchev–Trinajstić information content (AvgIpc) is 2.68. The Bertz CT molecular complexity index is 879. The van der Waals surface area contributed by atoms with Crippen molar-refractivity contribution in [3.63, 3.8) is 0 Å². The summed E-state index contributed by atoms with van der Waals surface area (Å²) in [7, 11) is 1.37. The number of hydrogen-bond donors (Lipinski definition) is 1. The molecule has 0 aliphatic rings. The van der Waals surface area contributed by atoms with Crippen LogP contribution in [0.3, 0.4) is 0 Å². The van der Waals surface area contributed by atoms with Gasteiger partial charge in [0.1, 0.15) is 5.56 Å². The first kappa shape index (κ1) is 20.7. The van der Waals surface area contributed by atoms with Crippen molar-refractivity contribution in [1.29, 1.82) is 0 Å². The van der Waals surface area contributed by atoms with Gasteiger partial charge in [0.05, 0.1) is 36.9 Å². The van der Waals surface area contributed by atoms with Crippen LogP contribution >= 0.6 is 0 Å². The average molecular weight is 388 g/mol. The lowest BCUT2D eigenvalue weighted by Gasteiger charge is -2.12. The van der Waals surface area contributed by atoms with Crippen LogP contribution in [-0.4, -0.2) is 37.1 Å². The summed E-state index contributed by atoms with van der Waals surface area (Å²) in [5, 5.41) is 14.0. The molecule has 1 amide bonds. The van der Waals surface area contributed by atoms with E-state index < -0.39 is 22.5 Å². The molecule has 0 spiro atoms. The number of nitro groups is 1. The number of amides is 1. The van der Waals surface area contributed by atoms with E-state index in [1.807, 2.05) is 0 Å². The number of anilines is 1. The number of nitrogens with one attached hydrogen (secondary N) is 1.